The molecule has 0 bridgehead atoms. The smallest absolute Gasteiger partial charge is 0.234 e. The van der Waals surface area contributed by atoms with Gasteiger partial charge in [0.2, 0.25) is 5.91 Å². The maximum absolute atomic E-state index is 11.6. The number of carbonyl (C=O) groups is 1. The molecule has 0 unspecified atom stereocenters. The van der Waals surface area contributed by atoms with Crippen molar-refractivity contribution in [3.63, 3.8) is 0 Å². The van der Waals surface area contributed by atoms with Crippen LogP contribution in [0.15, 0.2) is 0 Å². The fourth-order valence-electron chi connectivity index (χ4n) is 1.87. The molecule has 1 saturated heterocycles. The second-order valence-corrected chi connectivity index (χ2v) is 4.59. The molecule has 112 valence electrons. The number of amides is 1. The molecule has 0 atom stereocenters. The molecule has 6 heteroatoms. The van der Waals surface area contributed by atoms with Crippen LogP contribution >= 0.6 is 0 Å². The van der Waals surface area contributed by atoms with Gasteiger partial charge in [-0.05, 0) is 25.8 Å². The zero-order chi connectivity index (χ0) is 13.8. The lowest BCUT2D eigenvalue weighted by Crippen LogP contribution is -2.43. The van der Waals surface area contributed by atoms with Crippen LogP contribution in [-0.4, -0.2) is 65.2 Å². The van der Waals surface area contributed by atoms with Crippen LogP contribution in [0.2, 0.25) is 0 Å². The van der Waals surface area contributed by atoms with Crippen molar-refractivity contribution in [2.24, 2.45) is 0 Å². The molecule has 2 N–H and O–H groups in total. The Bertz CT molecular complexity index is 233. The third kappa shape index (κ3) is 8.93. The second-order valence-electron chi connectivity index (χ2n) is 4.59. The molecule has 0 aromatic rings. The van der Waals surface area contributed by atoms with Gasteiger partial charge in [0.25, 0.3) is 0 Å². The van der Waals surface area contributed by atoms with E-state index in [1.54, 1.807) is 7.11 Å². The molecule has 1 aliphatic rings. The molecular weight excluding hydrogens is 248 g/mol. The van der Waals surface area contributed by atoms with Crippen molar-refractivity contribution in [2.45, 2.75) is 25.3 Å². The highest BCUT2D eigenvalue weighted by atomic mass is 16.5. The van der Waals surface area contributed by atoms with E-state index >= 15 is 0 Å². The van der Waals surface area contributed by atoms with E-state index in [4.69, 9.17) is 14.2 Å². The summed E-state index contributed by atoms with van der Waals surface area (Å²) in [5, 5.41) is 6.12. The van der Waals surface area contributed by atoms with Gasteiger partial charge in [0.15, 0.2) is 0 Å². The first-order valence-corrected chi connectivity index (χ1v) is 6.97. The quantitative estimate of drug-likeness (QED) is 0.546. The highest BCUT2D eigenvalue weighted by Gasteiger charge is 2.15. The summed E-state index contributed by atoms with van der Waals surface area (Å²) in [4.78, 5) is 11.6. The standard InChI is InChI=1S/C13H26N2O4/c1-17-9-10-18-6-2-5-14-11-13(16)15-12-3-7-19-8-4-12/h12,14H,2-11H2,1H3,(H,15,16). The molecule has 1 fully saturated rings. The first-order valence-electron chi connectivity index (χ1n) is 6.97. The van der Waals surface area contributed by atoms with Gasteiger partial charge in [0.1, 0.15) is 0 Å². The zero-order valence-electron chi connectivity index (χ0n) is 11.8. The highest BCUT2D eigenvalue weighted by molar-refractivity contribution is 5.78. The summed E-state index contributed by atoms with van der Waals surface area (Å²) in [6, 6.07) is 0.278. The lowest BCUT2D eigenvalue weighted by Gasteiger charge is -2.23. The Kier molecular flexibility index (Phi) is 9.61. The molecule has 1 amide bonds. The topological polar surface area (TPSA) is 68.8 Å². The van der Waals surface area contributed by atoms with Gasteiger partial charge in [-0.1, -0.05) is 0 Å². The van der Waals surface area contributed by atoms with E-state index in [0.29, 0.717) is 26.4 Å². The van der Waals surface area contributed by atoms with Crippen LogP contribution in [0.4, 0.5) is 0 Å². The summed E-state index contributed by atoms with van der Waals surface area (Å²) in [6.07, 6.45) is 2.73. The Morgan fingerprint density at radius 1 is 1.26 bits per heavy atom. The minimum absolute atomic E-state index is 0.0622. The third-order valence-corrected chi connectivity index (χ3v) is 2.95. The minimum atomic E-state index is 0.0622. The number of methoxy groups -OCH3 is 1. The van der Waals surface area contributed by atoms with E-state index in [9.17, 15) is 4.79 Å². The van der Waals surface area contributed by atoms with Crippen LogP contribution in [0, 0.1) is 0 Å². The molecule has 0 saturated carbocycles. The van der Waals surface area contributed by atoms with Crippen molar-refractivity contribution in [2.75, 3.05) is 53.2 Å². The summed E-state index contributed by atoms with van der Waals surface area (Å²) >= 11 is 0. The van der Waals surface area contributed by atoms with E-state index in [-0.39, 0.29) is 11.9 Å². The predicted octanol–water partition coefficient (Wildman–Crippen LogP) is -0.0757. The van der Waals surface area contributed by atoms with Gasteiger partial charge in [-0.15, -0.1) is 0 Å². The van der Waals surface area contributed by atoms with Gasteiger partial charge in [0, 0.05) is 33.0 Å². The van der Waals surface area contributed by atoms with Crippen LogP contribution in [0.3, 0.4) is 0 Å². The van der Waals surface area contributed by atoms with Crippen LogP contribution in [0.25, 0.3) is 0 Å². The van der Waals surface area contributed by atoms with Crippen molar-refractivity contribution in [1.29, 1.82) is 0 Å². The van der Waals surface area contributed by atoms with Gasteiger partial charge in [-0.3, -0.25) is 4.79 Å². The molecule has 0 aromatic heterocycles. The fraction of sp³-hybridized carbons (Fsp3) is 0.923. The van der Waals surface area contributed by atoms with E-state index < -0.39 is 0 Å². The molecule has 19 heavy (non-hydrogen) atoms. The monoisotopic (exact) mass is 274 g/mol. The number of hydrogen-bond donors (Lipinski definition) is 2. The number of carbonyl (C=O) groups excluding carboxylic acids is 1. The van der Waals surface area contributed by atoms with Gasteiger partial charge in [-0.25, -0.2) is 0 Å². The van der Waals surface area contributed by atoms with Gasteiger partial charge in [-0.2, -0.15) is 0 Å². The number of ether oxygens (including phenoxy) is 3. The molecule has 0 spiro atoms. The minimum Gasteiger partial charge on any atom is -0.382 e. The van der Waals surface area contributed by atoms with Crippen LogP contribution in [0.1, 0.15) is 19.3 Å². The Hall–Kier alpha value is -0.690. The Morgan fingerprint density at radius 2 is 2.05 bits per heavy atom. The lowest BCUT2D eigenvalue weighted by molar-refractivity contribution is -0.121. The summed E-state index contributed by atoms with van der Waals surface area (Å²) in [5.74, 6) is 0.0622. The van der Waals surface area contributed by atoms with Crippen molar-refractivity contribution >= 4 is 5.91 Å². The van der Waals surface area contributed by atoms with Crippen LogP contribution in [-0.2, 0) is 19.0 Å². The molecular formula is C13H26N2O4. The van der Waals surface area contributed by atoms with Crippen LogP contribution in [0.5, 0.6) is 0 Å². The summed E-state index contributed by atoms with van der Waals surface area (Å²) in [5.41, 5.74) is 0. The molecule has 1 aliphatic heterocycles. The largest absolute Gasteiger partial charge is 0.382 e. The van der Waals surface area contributed by atoms with Gasteiger partial charge >= 0.3 is 0 Å². The zero-order valence-corrected chi connectivity index (χ0v) is 11.8. The van der Waals surface area contributed by atoms with Crippen molar-refractivity contribution in [3.8, 4) is 0 Å². The third-order valence-electron chi connectivity index (χ3n) is 2.95. The first kappa shape index (κ1) is 16.4. The average molecular weight is 274 g/mol. The number of nitrogens with one attached hydrogen (secondary N) is 2. The first-order chi connectivity index (χ1) is 9.33. The van der Waals surface area contributed by atoms with Crippen molar-refractivity contribution in [3.05, 3.63) is 0 Å². The maximum atomic E-state index is 11.6. The van der Waals surface area contributed by atoms with E-state index in [0.717, 1.165) is 39.0 Å². The average Bonchev–Trinajstić information content (AvgIpc) is 2.43. The number of hydrogen-bond acceptors (Lipinski definition) is 5. The normalized spacial score (nSPS) is 16.5. The Balaban J connectivity index is 1.87. The summed E-state index contributed by atoms with van der Waals surface area (Å²) in [6.45, 7) is 4.59. The summed E-state index contributed by atoms with van der Waals surface area (Å²) in [7, 11) is 1.65. The summed E-state index contributed by atoms with van der Waals surface area (Å²) < 4.78 is 15.4. The predicted molar refractivity (Wildman–Crippen MR) is 72.2 cm³/mol. The molecule has 6 nitrogen and oxygen atoms in total. The van der Waals surface area contributed by atoms with Crippen LogP contribution < -0.4 is 10.6 Å². The van der Waals surface area contributed by atoms with Gasteiger partial charge < -0.3 is 24.8 Å². The second kappa shape index (κ2) is 11.2. The SMILES string of the molecule is COCCOCCCNCC(=O)NC1CCOCC1. The highest BCUT2D eigenvalue weighted by Crippen LogP contribution is 2.05. The van der Waals surface area contributed by atoms with E-state index in [2.05, 4.69) is 10.6 Å². The van der Waals surface area contributed by atoms with Crippen molar-refractivity contribution in [1.82, 2.24) is 10.6 Å². The van der Waals surface area contributed by atoms with E-state index in [1.165, 1.54) is 0 Å². The lowest BCUT2D eigenvalue weighted by atomic mass is 10.1. The Morgan fingerprint density at radius 3 is 2.79 bits per heavy atom. The molecule has 0 aromatic carbocycles. The molecule has 1 rings (SSSR count). The maximum Gasteiger partial charge on any atom is 0.234 e. The van der Waals surface area contributed by atoms with Crippen molar-refractivity contribution < 1.29 is 19.0 Å². The van der Waals surface area contributed by atoms with E-state index in [1.807, 2.05) is 0 Å². The number of rotatable bonds is 10. The Labute approximate surface area is 115 Å². The fourth-order valence-corrected chi connectivity index (χ4v) is 1.87. The van der Waals surface area contributed by atoms with Gasteiger partial charge in [0.05, 0.1) is 19.8 Å². The molecule has 0 aliphatic carbocycles. The molecule has 0 radical (unpaired) electrons. The molecule has 1 heterocycles.